The molecule has 0 aromatic rings. The van der Waals surface area contributed by atoms with Crippen molar-refractivity contribution in [2.75, 3.05) is 0 Å². The summed E-state index contributed by atoms with van der Waals surface area (Å²) in [6.07, 6.45) is 8.66. The zero-order valence-electron chi connectivity index (χ0n) is 12.3. The van der Waals surface area contributed by atoms with Gasteiger partial charge in [-0.1, -0.05) is 19.8 Å². The smallest absolute Gasteiger partial charge is 0.311 e. The van der Waals surface area contributed by atoms with Crippen LogP contribution < -0.4 is 0 Å². The first-order chi connectivity index (χ1) is 9.58. The summed E-state index contributed by atoms with van der Waals surface area (Å²) in [6.45, 7) is 1.95. The number of fused-ring (bicyclic) bond motifs is 2. The highest BCUT2D eigenvalue weighted by Crippen LogP contribution is 2.52. The molecule has 20 heavy (non-hydrogen) atoms. The Bertz CT molecular complexity index is 416. The van der Waals surface area contributed by atoms with Gasteiger partial charge in [0.05, 0.1) is 5.41 Å². The number of carbonyl (C=O) groups is 2. The molecule has 0 radical (unpaired) electrons. The summed E-state index contributed by atoms with van der Waals surface area (Å²) in [4.78, 5) is 26.3. The standard InChI is InChI=1S/C16H25NO3/c1-2-16(15(19)20)10-12-7-8-13(16)17(12)14(18)9-11-5-3-4-6-11/h11-13H,2-10H2,1H3,(H,19,20)/t12-,13+,16+/m0/s1. The third-order valence-corrected chi connectivity index (χ3v) is 6.02. The van der Waals surface area contributed by atoms with Crippen molar-refractivity contribution in [1.82, 2.24) is 4.90 Å². The van der Waals surface area contributed by atoms with E-state index in [9.17, 15) is 14.7 Å². The average molecular weight is 279 g/mol. The molecule has 0 aromatic heterocycles. The van der Waals surface area contributed by atoms with Gasteiger partial charge in [0.2, 0.25) is 5.91 Å². The van der Waals surface area contributed by atoms with Crippen molar-refractivity contribution >= 4 is 11.9 Å². The van der Waals surface area contributed by atoms with Crippen LogP contribution in [-0.4, -0.2) is 34.0 Å². The van der Waals surface area contributed by atoms with Crippen molar-refractivity contribution in [1.29, 1.82) is 0 Å². The summed E-state index contributed by atoms with van der Waals surface area (Å²) < 4.78 is 0. The summed E-state index contributed by atoms with van der Waals surface area (Å²) in [5.74, 6) is 0.0650. The summed E-state index contributed by atoms with van der Waals surface area (Å²) in [5, 5.41) is 9.63. The third-order valence-electron chi connectivity index (χ3n) is 6.02. The van der Waals surface area contributed by atoms with E-state index in [0.29, 0.717) is 25.2 Å². The monoisotopic (exact) mass is 279 g/mol. The van der Waals surface area contributed by atoms with Gasteiger partial charge in [0.25, 0.3) is 0 Å². The fourth-order valence-corrected chi connectivity index (χ4v) is 4.89. The number of rotatable bonds is 4. The molecule has 3 aliphatic rings. The molecular formula is C16H25NO3. The Balaban J connectivity index is 1.74. The van der Waals surface area contributed by atoms with Gasteiger partial charge in [-0.25, -0.2) is 0 Å². The number of carboxylic acid groups (broad SMARTS) is 1. The van der Waals surface area contributed by atoms with Crippen LogP contribution in [0, 0.1) is 11.3 Å². The number of hydrogen-bond donors (Lipinski definition) is 1. The summed E-state index contributed by atoms with van der Waals surface area (Å²) in [5.41, 5.74) is -0.672. The van der Waals surface area contributed by atoms with Crippen LogP contribution in [0.5, 0.6) is 0 Å². The second-order valence-electron chi connectivity index (χ2n) is 6.92. The zero-order valence-corrected chi connectivity index (χ0v) is 12.3. The van der Waals surface area contributed by atoms with Crippen LogP contribution in [0.25, 0.3) is 0 Å². The minimum absolute atomic E-state index is 0.0519. The molecule has 1 saturated carbocycles. The SMILES string of the molecule is CC[C@@]1(C(=O)O)C[C@@H]2CC[C@H]1N2C(=O)CC1CCCC1. The number of aliphatic carboxylic acids is 1. The Hall–Kier alpha value is -1.06. The van der Waals surface area contributed by atoms with E-state index in [-0.39, 0.29) is 18.0 Å². The number of hydrogen-bond acceptors (Lipinski definition) is 2. The minimum Gasteiger partial charge on any atom is -0.481 e. The van der Waals surface area contributed by atoms with Gasteiger partial charge in [-0.2, -0.15) is 0 Å². The van der Waals surface area contributed by atoms with Crippen LogP contribution in [-0.2, 0) is 9.59 Å². The second-order valence-corrected chi connectivity index (χ2v) is 6.92. The molecule has 1 amide bonds. The number of carboxylic acids is 1. The third kappa shape index (κ3) is 1.95. The van der Waals surface area contributed by atoms with Gasteiger partial charge in [-0.05, 0) is 44.4 Å². The molecule has 2 bridgehead atoms. The van der Waals surface area contributed by atoms with Crippen molar-refractivity contribution in [3.8, 4) is 0 Å². The van der Waals surface area contributed by atoms with Crippen molar-refractivity contribution < 1.29 is 14.7 Å². The minimum atomic E-state index is -0.703. The van der Waals surface area contributed by atoms with Crippen LogP contribution >= 0.6 is 0 Å². The predicted molar refractivity (Wildman–Crippen MR) is 75.2 cm³/mol. The van der Waals surface area contributed by atoms with E-state index in [2.05, 4.69) is 0 Å². The highest BCUT2D eigenvalue weighted by atomic mass is 16.4. The van der Waals surface area contributed by atoms with Gasteiger partial charge >= 0.3 is 5.97 Å². The van der Waals surface area contributed by atoms with Crippen LogP contribution in [0.2, 0.25) is 0 Å². The van der Waals surface area contributed by atoms with Crippen LogP contribution in [0.1, 0.15) is 64.7 Å². The molecule has 112 valence electrons. The van der Waals surface area contributed by atoms with E-state index in [4.69, 9.17) is 0 Å². The number of nitrogens with zero attached hydrogens (tertiary/aromatic N) is 1. The lowest BCUT2D eigenvalue weighted by molar-refractivity contribution is -0.151. The van der Waals surface area contributed by atoms with Crippen molar-refractivity contribution in [2.24, 2.45) is 11.3 Å². The highest BCUT2D eigenvalue weighted by Gasteiger charge is 2.60. The molecule has 1 aliphatic carbocycles. The lowest BCUT2D eigenvalue weighted by Crippen LogP contribution is -2.45. The molecule has 4 heteroatoms. The Morgan fingerprint density at radius 1 is 1.20 bits per heavy atom. The number of carbonyl (C=O) groups excluding carboxylic acids is 1. The van der Waals surface area contributed by atoms with E-state index in [0.717, 1.165) is 12.8 Å². The van der Waals surface area contributed by atoms with E-state index in [1.807, 2.05) is 11.8 Å². The Labute approximate surface area is 120 Å². The zero-order chi connectivity index (χ0) is 14.3. The van der Waals surface area contributed by atoms with Crippen LogP contribution in [0.4, 0.5) is 0 Å². The molecule has 3 rings (SSSR count). The van der Waals surface area contributed by atoms with Gasteiger partial charge in [0, 0.05) is 18.5 Å². The first kappa shape index (κ1) is 13.9. The van der Waals surface area contributed by atoms with Gasteiger partial charge in [-0.3, -0.25) is 9.59 Å². The normalized spacial score (nSPS) is 36.8. The van der Waals surface area contributed by atoms with E-state index >= 15 is 0 Å². The van der Waals surface area contributed by atoms with Gasteiger partial charge < -0.3 is 10.0 Å². The average Bonchev–Trinajstić information content (AvgIpc) is 3.11. The molecule has 2 saturated heterocycles. The lowest BCUT2D eigenvalue weighted by atomic mass is 9.72. The Morgan fingerprint density at radius 2 is 1.90 bits per heavy atom. The fourth-order valence-electron chi connectivity index (χ4n) is 4.89. The van der Waals surface area contributed by atoms with E-state index < -0.39 is 11.4 Å². The summed E-state index contributed by atoms with van der Waals surface area (Å²) >= 11 is 0. The van der Waals surface area contributed by atoms with Crippen molar-refractivity contribution in [2.45, 2.75) is 76.8 Å². The Morgan fingerprint density at radius 3 is 2.45 bits per heavy atom. The molecule has 2 heterocycles. The molecule has 1 N–H and O–H groups in total. The Kier molecular flexibility index (Phi) is 3.51. The highest BCUT2D eigenvalue weighted by molar-refractivity contribution is 5.82. The molecule has 0 unspecified atom stereocenters. The van der Waals surface area contributed by atoms with E-state index in [1.165, 1.54) is 25.7 Å². The van der Waals surface area contributed by atoms with Gasteiger partial charge in [0.15, 0.2) is 0 Å². The van der Waals surface area contributed by atoms with Crippen LogP contribution in [0.15, 0.2) is 0 Å². The summed E-state index contributed by atoms with van der Waals surface area (Å²) in [6, 6.07) is 0.133. The second kappa shape index (κ2) is 5.05. The quantitative estimate of drug-likeness (QED) is 0.861. The predicted octanol–water partition coefficient (Wildman–Crippen LogP) is 2.81. The maximum absolute atomic E-state index is 12.6. The topological polar surface area (TPSA) is 57.6 Å². The van der Waals surface area contributed by atoms with Crippen molar-refractivity contribution in [3.05, 3.63) is 0 Å². The lowest BCUT2D eigenvalue weighted by Gasteiger charge is -2.32. The molecule has 4 nitrogen and oxygen atoms in total. The van der Waals surface area contributed by atoms with Gasteiger partial charge in [0.1, 0.15) is 0 Å². The molecule has 2 aliphatic heterocycles. The summed E-state index contributed by atoms with van der Waals surface area (Å²) in [7, 11) is 0. The molecule has 3 fully saturated rings. The van der Waals surface area contributed by atoms with Crippen molar-refractivity contribution in [3.63, 3.8) is 0 Å². The number of amides is 1. The maximum atomic E-state index is 12.6. The molecule has 0 spiro atoms. The molecule has 3 atom stereocenters. The largest absolute Gasteiger partial charge is 0.481 e. The van der Waals surface area contributed by atoms with Gasteiger partial charge in [-0.15, -0.1) is 0 Å². The van der Waals surface area contributed by atoms with E-state index in [1.54, 1.807) is 0 Å². The maximum Gasteiger partial charge on any atom is 0.311 e. The molecular weight excluding hydrogens is 254 g/mol. The first-order valence-corrected chi connectivity index (χ1v) is 8.13. The van der Waals surface area contributed by atoms with Crippen LogP contribution in [0.3, 0.4) is 0 Å². The molecule has 0 aromatic carbocycles. The first-order valence-electron chi connectivity index (χ1n) is 8.13. The fraction of sp³-hybridized carbons (Fsp3) is 0.875.